The average molecular weight is 507 g/mol. The van der Waals surface area contributed by atoms with Crippen LogP contribution in [-0.4, -0.2) is 17.8 Å². The summed E-state index contributed by atoms with van der Waals surface area (Å²) in [6.07, 6.45) is -3.39. The van der Waals surface area contributed by atoms with Crippen LogP contribution in [0.2, 0.25) is 5.02 Å². The zero-order valence-electron chi connectivity index (χ0n) is 16.0. The van der Waals surface area contributed by atoms with E-state index in [2.05, 4.69) is 4.99 Å². The molecule has 0 aliphatic heterocycles. The Morgan fingerprint density at radius 3 is 2.40 bits per heavy atom. The van der Waals surface area contributed by atoms with E-state index in [4.69, 9.17) is 32.2 Å². The number of aromatic nitrogens is 1. The lowest BCUT2D eigenvalue weighted by molar-refractivity contribution is -0.143. The van der Waals surface area contributed by atoms with Crippen molar-refractivity contribution in [1.82, 2.24) is 4.57 Å². The summed E-state index contributed by atoms with van der Waals surface area (Å²) in [4.78, 5) is 3.88. The van der Waals surface area contributed by atoms with Crippen LogP contribution in [0.4, 0.5) is 23.2 Å². The second kappa shape index (κ2) is 9.97. The maximum absolute atomic E-state index is 14.3. The normalized spacial score (nSPS) is 13.9. The molecule has 0 bridgehead atoms. The molecule has 0 amide bonds. The van der Waals surface area contributed by atoms with Crippen LogP contribution in [0, 0.1) is 5.82 Å². The molecule has 0 atom stereocenters. The summed E-state index contributed by atoms with van der Waals surface area (Å²) in [5.41, 5.74) is -1.06. The Bertz CT molecular complexity index is 1060. The van der Waals surface area contributed by atoms with Gasteiger partial charge in [-0.25, -0.2) is 9.38 Å². The third-order valence-corrected chi connectivity index (χ3v) is 7.45. The van der Waals surface area contributed by atoms with Gasteiger partial charge in [0.05, 0.1) is 18.2 Å². The first-order valence-corrected chi connectivity index (χ1v) is 11.6. The van der Waals surface area contributed by atoms with Crippen molar-refractivity contribution in [1.29, 1.82) is 0 Å². The zero-order valence-corrected chi connectivity index (χ0v) is 19.2. The number of hydrogen-bond donors (Lipinski definition) is 0. The Kier molecular flexibility index (Phi) is 8.35. The second-order valence-electron chi connectivity index (χ2n) is 5.70. The molecule has 0 unspecified atom stereocenters. The van der Waals surface area contributed by atoms with E-state index in [1.807, 2.05) is 0 Å². The van der Waals surface area contributed by atoms with E-state index in [0.29, 0.717) is 11.3 Å². The molecule has 2 rings (SSSR count). The van der Waals surface area contributed by atoms with Crippen LogP contribution in [0.25, 0.3) is 6.08 Å². The van der Waals surface area contributed by atoms with E-state index in [1.54, 1.807) is 13.8 Å². The van der Waals surface area contributed by atoms with Gasteiger partial charge in [0.2, 0.25) is 0 Å². The Hall–Kier alpha value is -1.16. The molecule has 0 aliphatic carbocycles. The Morgan fingerprint density at radius 2 is 1.90 bits per heavy atom. The molecule has 0 N–H and O–H groups in total. The van der Waals surface area contributed by atoms with Crippen LogP contribution in [0.15, 0.2) is 27.3 Å². The maximum atomic E-state index is 14.3. The van der Waals surface area contributed by atoms with Gasteiger partial charge in [-0.2, -0.15) is 13.2 Å². The highest BCUT2D eigenvalue weighted by Crippen LogP contribution is 2.58. The van der Waals surface area contributed by atoms with Crippen molar-refractivity contribution in [3.8, 4) is 0 Å². The average Bonchev–Trinajstić information content (AvgIpc) is 3.00. The summed E-state index contributed by atoms with van der Waals surface area (Å²) in [7, 11) is -2.63. The molecule has 1 aromatic heterocycles. The van der Waals surface area contributed by atoms with Crippen molar-refractivity contribution in [3.05, 3.63) is 49.2 Å². The number of hydrogen-bond acceptors (Lipinski definition) is 5. The van der Waals surface area contributed by atoms with Gasteiger partial charge in [-0.15, -0.1) is 11.3 Å². The lowest BCUT2D eigenvalue weighted by atomic mass is 10.2. The SMILES string of the molecule is CCOP(=O)(OCC)C(Cl)=Cc1cc(N=c2scc(C(F)(F)F)n2C)c(F)cc1Cl. The predicted molar refractivity (Wildman–Crippen MR) is 110 cm³/mol. The van der Waals surface area contributed by atoms with E-state index in [1.165, 1.54) is 19.2 Å². The summed E-state index contributed by atoms with van der Waals surface area (Å²) >= 11 is 12.9. The van der Waals surface area contributed by atoms with Crippen LogP contribution in [-0.2, 0) is 26.8 Å². The number of halogens is 6. The van der Waals surface area contributed by atoms with E-state index >= 15 is 0 Å². The minimum atomic E-state index is -4.57. The molecule has 1 heterocycles. The molecule has 2 aromatic rings. The van der Waals surface area contributed by atoms with Gasteiger partial charge in [-0.3, -0.25) is 4.57 Å². The van der Waals surface area contributed by atoms with Crippen LogP contribution in [0.5, 0.6) is 0 Å². The number of nitrogens with zero attached hydrogens (tertiary/aromatic N) is 2. The molecule has 0 spiro atoms. The molecule has 0 fully saturated rings. The summed E-state index contributed by atoms with van der Waals surface area (Å²) in [6.45, 7) is 3.34. The minimum absolute atomic E-state index is 0.0650. The molecule has 0 radical (unpaired) electrons. The second-order valence-corrected chi connectivity index (χ2v) is 9.60. The third kappa shape index (κ3) is 5.75. The number of thiazole rings is 1. The van der Waals surface area contributed by atoms with Gasteiger partial charge in [0, 0.05) is 12.4 Å². The Morgan fingerprint density at radius 1 is 1.30 bits per heavy atom. The largest absolute Gasteiger partial charge is 0.432 e. The molecule has 5 nitrogen and oxygen atoms in total. The molecule has 0 saturated heterocycles. The molecule has 30 heavy (non-hydrogen) atoms. The maximum Gasteiger partial charge on any atom is 0.432 e. The monoisotopic (exact) mass is 506 g/mol. The van der Waals surface area contributed by atoms with E-state index in [0.717, 1.165) is 16.0 Å². The molecular weight excluding hydrogens is 490 g/mol. The van der Waals surface area contributed by atoms with Crippen molar-refractivity contribution in [2.75, 3.05) is 13.2 Å². The van der Waals surface area contributed by atoms with Crippen LogP contribution < -0.4 is 4.80 Å². The van der Waals surface area contributed by atoms with Gasteiger partial charge < -0.3 is 13.6 Å². The van der Waals surface area contributed by atoms with Gasteiger partial charge in [-0.1, -0.05) is 23.2 Å². The topological polar surface area (TPSA) is 52.8 Å². The summed E-state index contributed by atoms with van der Waals surface area (Å²) in [5.74, 6) is -0.854. The standard InChI is InChI=1S/C17H17Cl2F4N2O3PS/c1-4-27-29(26,28-5-2)15(19)7-10-6-13(12(20)8-11(10)18)24-16-25(3)14(9-30-16)17(21,22)23/h6-9H,4-5H2,1-3H3. The quantitative estimate of drug-likeness (QED) is 0.302. The first kappa shape index (κ1) is 25.1. The van der Waals surface area contributed by atoms with Gasteiger partial charge in [0.1, 0.15) is 22.0 Å². The fourth-order valence-corrected chi connectivity index (χ4v) is 5.12. The third-order valence-electron chi connectivity index (χ3n) is 3.63. The lowest BCUT2D eigenvalue weighted by Gasteiger charge is -2.16. The number of rotatable bonds is 7. The van der Waals surface area contributed by atoms with Crippen LogP contribution in [0.3, 0.4) is 0 Å². The highest BCUT2D eigenvalue weighted by atomic mass is 35.5. The Labute approximate surface area is 184 Å². The van der Waals surface area contributed by atoms with Crippen molar-refractivity contribution in [2.24, 2.45) is 12.0 Å². The molecule has 13 heteroatoms. The molecular formula is C17H17Cl2F4N2O3PS. The fraction of sp³-hybridized carbons (Fsp3) is 0.353. The molecule has 0 saturated carbocycles. The summed E-state index contributed by atoms with van der Waals surface area (Å²) in [5, 5.41) is 0.806. The predicted octanol–water partition coefficient (Wildman–Crippen LogP) is 6.93. The summed E-state index contributed by atoms with van der Waals surface area (Å²) in [6, 6.07) is 2.11. The van der Waals surface area contributed by atoms with Gasteiger partial charge >= 0.3 is 13.8 Å². The highest BCUT2D eigenvalue weighted by Gasteiger charge is 2.34. The van der Waals surface area contributed by atoms with Gasteiger partial charge in [0.25, 0.3) is 0 Å². The van der Waals surface area contributed by atoms with E-state index < -0.39 is 25.3 Å². The van der Waals surface area contributed by atoms with E-state index in [-0.39, 0.29) is 39.1 Å². The summed E-state index contributed by atoms with van der Waals surface area (Å²) < 4.78 is 76.7. The van der Waals surface area contributed by atoms with E-state index in [9.17, 15) is 22.1 Å². The lowest BCUT2D eigenvalue weighted by Crippen LogP contribution is -2.18. The van der Waals surface area contributed by atoms with Crippen LogP contribution >= 0.6 is 42.1 Å². The van der Waals surface area contributed by atoms with Crippen molar-refractivity contribution < 1.29 is 31.2 Å². The first-order valence-electron chi connectivity index (χ1n) is 8.45. The molecule has 166 valence electrons. The van der Waals surface area contributed by atoms with Gasteiger partial charge in [0.15, 0.2) is 4.80 Å². The zero-order chi connectivity index (χ0) is 22.7. The Balaban J connectivity index is 2.57. The fourth-order valence-electron chi connectivity index (χ4n) is 2.29. The number of benzene rings is 1. The van der Waals surface area contributed by atoms with Gasteiger partial charge in [-0.05, 0) is 37.6 Å². The van der Waals surface area contributed by atoms with Crippen LogP contribution in [0.1, 0.15) is 25.1 Å². The molecule has 0 aliphatic rings. The van der Waals surface area contributed by atoms with Crippen molar-refractivity contribution >= 4 is 53.9 Å². The number of alkyl halides is 3. The van der Waals surface area contributed by atoms with Crippen molar-refractivity contribution in [2.45, 2.75) is 20.0 Å². The smallest absolute Gasteiger partial charge is 0.316 e. The molecule has 1 aromatic carbocycles. The first-order chi connectivity index (χ1) is 13.9. The minimum Gasteiger partial charge on any atom is -0.316 e. The van der Waals surface area contributed by atoms with Crippen molar-refractivity contribution in [3.63, 3.8) is 0 Å². The highest BCUT2D eigenvalue weighted by molar-refractivity contribution is 7.61.